The number of nitro benzene ring substituents is 1. The first-order chi connectivity index (χ1) is 8.95. The second-order valence-corrected chi connectivity index (χ2v) is 4.74. The van der Waals surface area contributed by atoms with Gasteiger partial charge in [-0.15, -0.1) is 0 Å². The van der Waals surface area contributed by atoms with E-state index >= 15 is 0 Å². The van der Waals surface area contributed by atoms with Gasteiger partial charge in [0.1, 0.15) is 5.82 Å². The molecule has 0 unspecified atom stereocenters. The quantitative estimate of drug-likeness (QED) is 0.510. The first-order valence-electron chi connectivity index (χ1n) is 5.23. The van der Waals surface area contributed by atoms with Crippen LogP contribution in [0, 0.1) is 15.9 Å². The Bertz CT molecular complexity index is 649. The number of anilines is 3. The fourth-order valence-corrected chi connectivity index (χ4v) is 1.92. The summed E-state index contributed by atoms with van der Waals surface area (Å²) < 4.78 is 14.3. The minimum atomic E-state index is -0.557. The average molecular weight is 326 g/mol. The standard InChI is InChI=1S/C12H9BrFN3O2/c13-7-1-2-11(14)12(3-7)16-9-4-8(15)5-10(6-9)17(18)19/h1-6,16H,15H2. The SMILES string of the molecule is Nc1cc(Nc2cc(Br)ccc2F)cc([N+](=O)[O-])c1. The minimum absolute atomic E-state index is 0.155. The van der Waals surface area contributed by atoms with Crippen LogP contribution in [0.25, 0.3) is 0 Å². The zero-order chi connectivity index (χ0) is 14.0. The van der Waals surface area contributed by atoms with Crippen LogP contribution in [0.3, 0.4) is 0 Å². The van der Waals surface area contributed by atoms with Crippen LogP contribution in [0.4, 0.5) is 27.1 Å². The Morgan fingerprint density at radius 3 is 2.68 bits per heavy atom. The molecule has 0 atom stereocenters. The molecule has 5 nitrogen and oxygen atoms in total. The van der Waals surface area contributed by atoms with E-state index in [0.29, 0.717) is 10.2 Å². The third-order valence-corrected chi connectivity index (χ3v) is 2.85. The fourth-order valence-electron chi connectivity index (χ4n) is 1.56. The van der Waals surface area contributed by atoms with E-state index in [-0.39, 0.29) is 17.1 Å². The normalized spacial score (nSPS) is 10.2. The van der Waals surface area contributed by atoms with Crippen molar-refractivity contribution in [3.8, 4) is 0 Å². The van der Waals surface area contributed by atoms with Gasteiger partial charge >= 0.3 is 0 Å². The van der Waals surface area contributed by atoms with E-state index in [1.54, 1.807) is 6.07 Å². The largest absolute Gasteiger partial charge is 0.398 e. The molecular formula is C12H9BrFN3O2. The van der Waals surface area contributed by atoms with Crippen molar-refractivity contribution in [1.82, 2.24) is 0 Å². The summed E-state index contributed by atoms with van der Waals surface area (Å²) in [6.45, 7) is 0. The van der Waals surface area contributed by atoms with Crippen LogP contribution in [0.15, 0.2) is 40.9 Å². The van der Waals surface area contributed by atoms with E-state index in [4.69, 9.17) is 5.73 Å². The predicted octanol–water partition coefficient (Wildman–Crippen LogP) is 3.82. The topological polar surface area (TPSA) is 81.2 Å². The van der Waals surface area contributed by atoms with Crippen molar-refractivity contribution in [2.24, 2.45) is 0 Å². The molecule has 0 saturated carbocycles. The van der Waals surface area contributed by atoms with Crippen LogP contribution in [-0.2, 0) is 0 Å². The molecule has 0 spiro atoms. The molecule has 0 aliphatic heterocycles. The van der Waals surface area contributed by atoms with Gasteiger partial charge in [0.15, 0.2) is 0 Å². The molecule has 0 aliphatic carbocycles. The summed E-state index contributed by atoms with van der Waals surface area (Å²) in [5.41, 5.74) is 6.20. The number of nitrogens with one attached hydrogen (secondary N) is 1. The zero-order valence-electron chi connectivity index (χ0n) is 9.56. The number of nitrogen functional groups attached to an aromatic ring is 1. The lowest BCUT2D eigenvalue weighted by atomic mass is 10.2. The van der Waals surface area contributed by atoms with Crippen LogP contribution in [-0.4, -0.2) is 4.92 Å². The van der Waals surface area contributed by atoms with Crippen molar-refractivity contribution < 1.29 is 9.31 Å². The van der Waals surface area contributed by atoms with Gasteiger partial charge in [-0.05, 0) is 24.3 Å². The molecule has 0 bridgehead atoms. The van der Waals surface area contributed by atoms with E-state index in [2.05, 4.69) is 21.2 Å². The first-order valence-corrected chi connectivity index (χ1v) is 6.02. The highest BCUT2D eigenvalue weighted by atomic mass is 79.9. The third-order valence-electron chi connectivity index (χ3n) is 2.36. The summed E-state index contributed by atoms with van der Waals surface area (Å²) in [5, 5.41) is 13.5. The zero-order valence-corrected chi connectivity index (χ0v) is 11.1. The molecule has 7 heteroatoms. The second kappa shape index (κ2) is 5.23. The molecule has 0 heterocycles. The Hall–Kier alpha value is -2.15. The molecule has 3 N–H and O–H groups in total. The van der Waals surface area contributed by atoms with Gasteiger partial charge in [0.25, 0.3) is 5.69 Å². The van der Waals surface area contributed by atoms with Crippen molar-refractivity contribution in [2.75, 3.05) is 11.1 Å². The average Bonchev–Trinajstić information content (AvgIpc) is 2.33. The molecule has 19 heavy (non-hydrogen) atoms. The lowest BCUT2D eigenvalue weighted by Crippen LogP contribution is -1.97. The number of nitrogens with zero attached hydrogens (tertiary/aromatic N) is 1. The first kappa shape index (κ1) is 13.3. The van der Waals surface area contributed by atoms with Gasteiger partial charge in [0.05, 0.1) is 10.6 Å². The van der Waals surface area contributed by atoms with Crippen molar-refractivity contribution in [1.29, 1.82) is 0 Å². The molecule has 2 aromatic carbocycles. The number of benzene rings is 2. The summed E-state index contributed by atoms with van der Waals surface area (Å²) in [6, 6.07) is 8.40. The summed E-state index contributed by atoms with van der Waals surface area (Å²) in [5.74, 6) is -0.465. The second-order valence-electron chi connectivity index (χ2n) is 3.82. The molecule has 0 radical (unpaired) electrons. The van der Waals surface area contributed by atoms with Gasteiger partial charge in [-0.25, -0.2) is 4.39 Å². The van der Waals surface area contributed by atoms with Crippen molar-refractivity contribution >= 4 is 38.7 Å². The van der Waals surface area contributed by atoms with Gasteiger partial charge < -0.3 is 11.1 Å². The molecule has 2 aromatic rings. The summed E-state index contributed by atoms with van der Waals surface area (Å²) in [6.07, 6.45) is 0. The Kier molecular flexibility index (Phi) is 3.66. The van der Waals surface area contributed by atoms with Crippen LogP contribution in [0.1, 0.15) is 0 Å². The number of rotatable bonds is 3. The van der Waals surface area contributed by atoms with E-state index in [9.17, 15) is 14.5 Å². The monoisotopic (exact) mass is 325 g/mol. The molecule has 0 aromatic heterocycles. The van der Waals surface area contributed by atoms with Crippen LogP contribution < -0.4 is 11.1 Å². The summed E-state index contributed by atoms with van der Waals surface area (Å²) >= 11 is 3.22. The third kappa shape index (κ3) is 3.19. The van der Waals surface area contributed by atoms with Gasteiger partial charge in [-0.1, -0.05) is 15.9 Å². The van der Waals surface area contributed by atoms with Crippen LogP contribution in [0.2, 0.25) is 0 Å². The van der Waals surface area contributed by atoms with Gasteiger partial charge in [0, 0.05) is 28.0 Å². The van der Waals surface area contributed by atoms with E-state index < -0.39 is 10.7 Å². The maximum absolute atomic E-state index is 13.6. The summed E-state index contributed by atoms with van der Waals surface area (Å²) in [4.78, 5) is 10.2. The van der Waals surface area contributed by atoms with Gasteiger partial charge in [0.2, 0.25) is 0 Å². The lowest BCUT2D eigenvalue weighted by molar-refractivity contribution is -0.384. The fraction of sp³-hybridized carbons (Fsp3) is 0. The number of nitrogens with two attached hydrogens (primary N) is 1. The molecule has 0 fully saturated rings. The Labute approximate surface area is 116 Å². The number of halogens is 2. The predicted molar refractivity (Wildman–Crippen MR) is 74.9 cm³/mol. The van der Waals surface area contributed by atoms with E-state index in [0.717, 1.165) is 0 Å². The highest BCUT2D eigenvalue weighted by Crippen LogP contribution is 2.28. The van der Waals surface area contributed by atoms with Crippen LogP contribution >= 0.6 is 15.9 Å². The maximum Gasteiger partial charge on any atom is 0.273 e. The highest BCUT2D eigenvalue weighted by molar-refractivity contribution is 9.10. The Balaban J connectivity index is 2.38. The van der Waals surface area contributed by atoms with Crippen molar-refractivity contribution in [3.05, 3.63) is 56.8 Å². The lowest BCUT2D eigenvalue weighted by Gasteiger charge is -2.08. The Morgan fingerprint density at radius 2 is 2.00 bits per heavy atom. The number of nitro groups is 1. The Morgan fingerprint density at radius 1 is 1.26 bits per heavy atom. The maximum atomic E-state index is 13.6. The van der Waals surface area contributed by atoms with E-state index in [1.165, 1.54) is 30.3 Å². The highest BCUT2D eigenvalue weighted by Gasteiger charge is 2.10. The molecule has 0 aliphatic rings. The van der Waals surface area contributed by atoms with Crippen molar-refractivity contribution in [3.63, 3.8) is 0 Å². The van der Waals surface area contributed by atoms with Gasteiger partial charge in [-0.2, -0.15) is 0 Å². The number of hydrogen-bond acceptors (Lipinski definition) is 4. The number of hydrogen-bond donors (Lipinski definition) is 2. The summed E-state index contributed by atoms with van der Waals surface area (Å²) in [7, 11) is 0. The smallest absolute Gasteiger partial charge is 0.273 e. The molecule has 98 valence electrons. The molecule has 2 rings (SSSR count). The van der Waals surface area contributed by atoms with Crippen molar-refractivity contribution in [2.45, 2.75) is 0 Å². The molecule has 0 saturated heterocycles. The van der Waals surface area contributed by atoms with Gasteiger partial charge in [-0.3, -0.25) is 10.1 Å². The molecule has 0 amide bonds. The minimum Gasteiger partial charge on any atom is -0.398 e. The molecular weight excluding hydrogens is 317 g/mol. The van der Waals surface area contributed by atoms with E-state index in [1.807, 2.05) is 0 Å². The van der Waals surface area contributed by atoms with Crippen LogP contribution in [0.5, 0.6) is 0 Å². The number of non-ortho nitro benzene ring substituents is 1.